The van der Waals surface area contributed by atoms with Crippen LogP contribution in [0.4, 0.5) is 0 Å². The molecule has 0 radical (unpaired) electrons. The van der Waals surface area contributed by atoms with E-state index in [9.17, 15) is 14.4 Å². The first-order valence-corrected chi connectivity index (χ1v) is 18.3. The second kappa shape index (κ2) is 18.0. The van der Waals surface area contributed by atoms with E-state index in [2.05, 4.69) is 32.8 Å². The van der Waals surface area contributed by atoms with E-state index in [0.717, 1.165) is 28.5 Å². The van der Waals surface area contributed by atoms with Crippen molar-refractivity contribution in [1.29, 1.82) is 0 Å². The fourth-order valence-electron chi connectivity index (χ4n) is 5.13. The maximum atomic E-state index is 14.1. The average Bonchev–Trinajstić information content (AvgIpc) is 3.13. The maximum Gasteiger partial charge on any atom is 0.285 e. The Balaban J connectivity index is 1.39. The molecule has 0 aromatic heterocycles. The molecule has 0 bridgehead atoms. The highest BCUT2D eigenvalue weighted by molar-refractivity contribution is 9.10. The number of benzene rings is 4. The van der Waals surface area contributed by atoms with Crippen LogP contribution in [0.2, 0.25) is 10.0 Å². The lowest BCUT2D eigenvalue weighted by atomic mass is 9.99. The number of nitrogens with zero attached hydrogens (tertiary/aromatic N) is 2. The van der Waals surface area contributed by atoms with E-state index in [1.165, 1.54) is 11.0 Å². The maximum absolute atomic E-state index is 14.1. The normalized spacial score (nSPS) is 14.3. The molecule has 1 aliphatic heterocycles. The quantitative estimate of drug-likeness (QED) is 0.0876. The Morgan fingerprint density at radius 2 is 1.63 bits per heavy atom. The number of ether oxygens (including phenoxy) is 1. The van der Waals surface area contributed by atoms with Crippen LogP contribution in [-0.2, 0) is 21.0 Å². The summed E-state index contributed by atoms with van der Waals surface area (Å²) in [4.78, 5) is 46.6. The van der Waals surface area contributed by atoms with Gasteiger partial charge >= 0.3 is 0 Å². The Bertz CT molecular complexity index is 2000. The summed E-state index contributed by atoms with van der Waals surface area (Å²) in [6, 6.07) is 29.5. The Labute approximate surface area is 319 Å². The molecule has 258 valence electrons. The number of allylic oxidation sites excluding steroid dienone is 4. The van der Waals surface area contributed by atoms with E-state index >= 15 is 0 Å². The van der Waals surface area contributed by atoms with Crippen molar-refractivity contribution in [3.05, 3.63) is 176 Å². The fourth-order valence-corrected chi connectivity index (χ4v) is 7.11. The highest BCUT2D eigenvalue weighted by Gasteiger charge is 2.35. The third-order valence-corrected chi connectivity index (χ3v) is 9.75. The fraction of sp³-hybridized carbons (Fsp3) is 0.100. The molecule has 0 saturated heterocycles. The first-order chi connectivity index (χ1) is 24.7. The van der Waals surface area contributed by atoms with E-state index < -0.39 is 17.9 Å². The van der Waals surface area contributed by atoms with Gasteiger partial charge in [-0.1, -0.05) is 139 Å². The van der Waals surface area contributed by atoms with Crippen LogP contribution < -0.4 is 10.1 Å². The zero-order valence-corrected chi connectivity index (χ0v) is 31.3. The monoisotopic (exact) mass is 799 g/mol. The average molecular weight is 802 g/mol. The molecule has 1 heterocycles. The second-order valence-corrected chi connectivity index (χ2v) is 13.6. The summed E-state index contributed by atoms with van der Waals surface area (Å²) in [5.74, 6) is -1.39. The topological polar surface area (TPSA) is 88.1 Å². The molecule has 0 spiro atoms. The number of aliphatic imine (C=N–C) groups is 1. The third-order valence-electron chi connectivity index (χ3n) is 7.57. The van der Waals surface area contributed by atoms with Gasteiger partial charge in [-0.2, -0.15) is 4.99 Å². The lowest BCUT2D eigenvalue weighted by Crippen LogP contribution is -2.42. The van der Waals surface area contributed by atoms with E-state index in [1.54, 1.807) is 49.4 Å². The summed E-state index contributed by atoms with van der Waals surface area (Å²) < 4.78 is 6.46. The standard InChI is InChI=1S/C40H32BrCl2N3O4S/c1-3-5-19-30(4-2)46-39(49)31(21-26-22-32(41)37(34(43)23-26)50-24-29-18-12-13-20-33(29)42)38(48)45-40(46)51-25-35(47)44-36(27-14-8-6-9-15-27)28-16-10-7-11-17-28/h3-23,36H,1,24-25H2,2H3,(H,44,47)/b19-5-,30-4+,31-21+. The van der Waals surface area contributed by atoms with Gasteiger partial charge in [0.05, 0.1) is 21.3 Å². The predicted molar refractivity (Wildman–Crippen MR) is 211 cm³/mol. The van der Waals surface area contributed by atoms with Crippen molar-refractivity contribution >= 4 is 79.9 Å². The highest BCUT2D eigenvalue weighted by Crippen LogP contribution is 2.37. The predicted octanol–water partition coefficient (Wildman–Crippen LogP) is 9.73. The van der Waals surface area contributed by atoms with E-state index in [4.69, 9.17) is 27.9 Å². The summed E-state index contributed by atoms with van der Waals surface area (Å²) >= 11 is 17.4. The van der Waals surface area contributed by atoms with Crippen LogP contribution in [0.3, 0.4) is 0 Å². The SMILES string of the molecule is C=C/C=C\C(=C/C)N1C(=O)/C(=C/c2cc(Cl)c(OCc3ccccc3Cl)c(Br)c2)C(=O)N=C1SCC(=O)NC(c1ccccc1)c1ccccc1. The van der Waals surface area contributed by atoms with E-state index in [0.29, 0.717) is 26.5 Å². The molecule has 11 heteroatoms. The van der Waals surface area contributed by atoms with Crippen LogP contribution >= 0.6 is 50.9 Å². The second-order valence-electron chi connectivity index (χ2n) is 11.0. The van der Waals surface area contributed by atoms with Crippen LogP contribution in [-0.4, -0.2) is 33.5 Å². The number of nitrogens with one attached hydrogen (secondary N) is 1. The molecule has 7 nitrogen and oxygen atoms in total. The van der Waals surface area contributed by atoms with Crippen LogP contribution in [0.25, 0.3) is 6.08 Å². The Kier molecular flexibility index (Phi) is 13.3. The van der Waals surface area contributed by atoms with Gasteiger partial charge in [-0.3, -0.25) is 19.3 Å². The van der Waals surface area contributed by atoms with E-state index in [1.807, 2.05) is 78.9 Å². The van der Waals surface area contributed by atoms with Gasteiger partial charge < -0.3 is 10.1 Å². The number of thioether (sulfide) groups is 1. The molecule has 0 atom stereocenters. The van der Waals surface area contributed by atoms with Gasteiger partial charge in [-0.15, -0.1) is 0 Å². The summed E-state index contributed by atoms with van der Waals surface area (Å²) in [6.45, 7) is 5.66. The van der Waals surface area contributed by atoms with Crippen molar-refractivity contribution in [2.24, 2.45) is 4.99 Å². The molecule has 0 saturated carbocycles. The van der Waals surface area contributed by atoms with Crippen molar-refractivity contribution in [3.8, 4) is 5.75 Å². The van der Waals surface area contributed by atoms with Crippen LogP contribution in [0.1, 0.15) is 35.2 Å². The number of hydrogen-bond acceptors (Lipinski definition) is 5. The first kappa shape index (κ1) is 37.6. The molecular formula is C40H32BrCl2N3O4S. The number of carbonyl (C=O) groups is 3. The van der Waals surface area contributed by atoms with Gasteiger partial charge in [0, 0.05) is 16.3 Å². The number of rotatable bonds is 12. The lowest BCUT2D eigenvalue weighted by molar-refractivity contribution is -0.126. The zero-order valence-electron chi connectivity index (χ0n) is 27.4. The number of carbonyl (C=O) groups excluding carboxylic acids is 3. The van der Waals surface area contributed by atoms with Crippen molar-refractivity contribution in [3.63, 3.8) is 0 Å². The first-order valence-electron chi connectivity index (χ1n) is 15.7. The largest absolute Gasteiger partial charge is 0.486 e. The van der Waals surface area contributed by atoms with Crippen molar-refractivity contribution in [2.45, 2.75) is 19.6 Å². The molecule has 0 unspecified atom stereocenters. The van der Waals surface area contributed by atoms with Gasteiger partial charge in [0.25, 0.3) is 11.8 Å². The van der Waals surface area contributed by atoms with Crippen molar-refractivity contribution in [2.75, 3.05) is 5.75 Å². The Morgan fingerprint density at radius 1 is 0.980 bits per heavy atom. The minimum Gasteiger partial charge on any atom is -0.486 e. The summed E-state index contributed by atoms with van der Waals surface area (Å²) in [5, 5.41) is 3.98. The molecule has 0 fully saturated rings. The number of hydrogen-bond donors (Lipinski definition) is 1. The summed E-state index contributed by atoms with van der Waals surface area (Å²) in [6.07, 6.45) is 8.05. The molecule has 4 aromatic carbocycles. The highest BCUT2D eigenvalue weighted by atomic mass is 79.9. The minimum atomic E-state index is -0.750. The molecule has 4 aromatic rings. The lowest BCUT2D eigenvalue weighted by Gasteiger charge is -2.28. The number of halogens is 3. The Morgan fingerprint density at radius 3 is 2.24 bits per heavy atom. The molecule has 5 rings (SSSR count). The zero-order chi connectivity index (χ0) is 36.3. The molecule has 51 heavy (non-hydrogen) atoms. The molecule has 1 aliphatic rings. The summed E-state index contributed by atoms with van der Waals surface area (Å²) in [5.41, 5.74) is 3.34. The van der Waals surface area contributed by atoms with Gasteiger partial charge in [0.2, 0.25) is 5.91 Å². The third kappa shape index (κ3) is 9.56. The van der Waals surface area contributed by atoms with Crippen molar-refractivity contribution in [1.82, 2.24) is 10.2 Å². The summed E-state index contributed by atoms with van der Waals surface area (Å²) in [7, 11) is 0. The molecule has 1 N–H and O–H groups in total. The minimum absolute atomic E-state index is 0.0672. The van der Waals surface area contributed by atoms with Crippen LogP contribution in [0.15, 0.2) is 149 Å². The van der Waals surface area contributed by atoms with Crippen LogP contribution in [0, 0.1) is 0 Å². The molecular weight excluding hydrogens is 769 g/mol. The van der Waals surface area contributed by atoms with Gasteiger partial charge in [0.15, 0.2) is 10.9 Å². The van der Waals surface area contributed by atoms with Gasteiger partial charge in [-0.25, -0.2) is 0 Å². The molecule has 3 amide bonds. The van der Waals surface area contributed by atoms with Gasteiger partial charge in [0.1, 0.15) is 12.2 Å². The Hall–Kier alpha value is -4.67. The van der Waals surface area contributed by atoms with Gasteiger partial charge in [-0.05, 0) is 69.9 Å². The van der Waals surface area contributed by atoms with Crippen LogP contribution in [0.5, 0.6) is 5.75 Å². The van der Waals surface area contributed by atoms with Crippen molar-refractivity contribution < 1.29 is 19.1 Å². The molecule has 0 aliphatic carbocycles. The smallest absolute Gasteiger partial charge is 0.285 e. The number of amidine groups is 1. The van der Waals surface area contributed by atoms with E-state index in [-0.39, 0.29) is 34.0 Å². The number of amides is 3.